The second kappa shape index (κ2) is 10.9. The summed E-state index contributed by atoms with van der Waals surface area (Å²) in [5, 5.41) is 14.4. The topological polar surface area (TPSA) is 94.0 Å². The van der Waals surface area contributed by atoms with E-state index in [1.807, 2.05) is 31.2 Å². The molecule has 1 aromatic carbocycles. The van der Waals surface area contributed by atoms with Gasteiger partial charge in [-0.15, -0.1) is 29.9 Å². The zero-order valence-electron chi connectivity index (χ0n) is 16.4. The highest BCUT2D eigenvalue weighted by atomic mass is 35.5. The number of anilines is 1. The third kappa shape index (κ3) is 5.69. The standard InChI is InChI=1S/C20H22N6O2.2ClH/c1-14-11-15(4-5-19(14)28-17-3-2-8-22-12-17)23-20(27)18-13-26(25-24-18)16-6-9-21-10-7-16;;/h2-5,8,11-13,16,21H,6-7,9-10H2,1H3,(H,23,27);2*1H. The van der Waals surface area contributed by atoms with Gasteiger partial charge in [-0.3, -0.25) is 9.78 Å². The van der Waals surface area contributed by atoms with E-state index in [0.29, 0.717) is 28.9 Å². The average Bonchev–Trinajstić information content (AvgIpc) is 3.22. The van der Waals surface area contributed by atoms with E-state index in [2.05, 4.69) is 25.9 Å². The lowest BCUT2D eigenvalue weighted by atomic mass is 10.1. The van der Waals surface area contributed by atoms with Gasteiger partial charge in [-0.25, -0.2) is 4.68 Å². The highest BCUT2D eigenvalue weighted by Gasteiger charge is 2.19. The highest BCUT2D eigenvalue weighted by Crippen LogP contribution is 2.27. The summed E-state index contributed by atoms with van der Waals surface area (Å²) in [6.07, 6.45) is 7.04. The molecule has 10 heteroatoms. The smallest absolute Gasteiger partial charge is 0.277 e. The molecule has 1 amide bonds. The predicted octanol–water partition coefficient (Wildman–Crippen LogP) is 3.79. The fourth-order valence-electron chi connectivity index (χ4n) is 3.20. The summed E-state index contributed by atoms with van der Waals surface area (Å²) in [5.41, 5.74) is 1.89. The maximum Gasteiger partial charge on any atom is 0.277 e. The Hall–Kier alpha value is -2.68. The summed E-state index contributed by atoms with van der Waals surface area (Å²) < 4.78 is 7.62. The van der Waals surface area contributed by atoms with Crippen molar-refractivity contribution >= 4 is 36.4 Å². The van der Waals surface area contributed by atoms with Crippen molar-refractivity contribution in [2.24, 2.45) is 0 Å². The van der Waals surface area contributed by atoms with Crippen molar-refractivity contribution in [3.05, 3.63) is 60.2 Å². The number of aryl methyl sites for hydroxylation is 1. The van der Waals surface area contributed by atoms with Crippen molar-refractivity contribution in [3.8, 4) is 11.5 Å². The molecule has 0 aliphatic carbocycles. The van der Waals surface area contributed by atoms with Crippen LogP contribution in [0.4, 0.5) is 5.69 Å². The van der Waals surface area contributed by atoms with E-state index >= 15 is 0 Å². The molecule has 0 radical (unpaired) electrons. The Bertz CT molecular complexity index is 961. The van der Waals surface area contributed by atoms with Crippen LogP contribution in [0.1, 0.15) is 34.9 Å². The SMILES string of the molecule is Cc1cc(NC(=O)c2cn(C3CCNCC3)nn2)ccc1Oc1cccnc1.Cl.Cl. The summed E-state index contributed by atoms with van der Waals surface area (Å²) in [6, 6.07) is 9.43. The van der Waals surface area contributed by atoms with E-state index in [0.717, 1.165) is 31.5 Å². The number of hydrogen-bond donors (Lipinski definition) is 2. The minimum absolute atomic E-state index is 0. The fraction of sp³-hybridized carbons (Fsp3) is 0.300. The van der Waals surface area contributed by atoms with Crippen LogP contribution in [0.3, 0.4) is 0 Å². The molecule has 0 unspecified atom stereocenters. The van der Waals surface area contributed by atoms with E-state index in [1.54, 1.807) is 29.3 Å². The largest absolute Gasteiger partial charge is 0.455 e. The van der Waals surface area contributed by atoms with Gasteiger partial charge in [0, 0.05) is 11.9 Å². The molecule has 8 nitrogen and oxygen atoms in total. The number of carbonyl (C=O) groups is 1. The molecule has 1 aliphatic heterocycles. The number of carbonyl (C=O) groups excluding carboxylic acids is 1. The lowest BCUT2D eigenvalue weighted by molar-refractivity contribution is 0.102. The zero-order valence-corrected chi connectivity index (χ0v) is 18.1. The number of nitrogens with zero attached hydrogens (tertiary/aromatic N) is 4. The molecule has 30 heavy (non-hydrogen) atoms. The third-order valence-electron chi connectivity index (χ3n) is 4.72. The van der Waals surface area contributed by atoms with Crippen LogP contribution in [-0.2, 0) is 0 Å². The lowest BCUT2D eigenvalue weighted by Gasteiger charge is -2.22. The van der Waals surface area contributed by atoms with Crippen molar-refractivity contribution in [1.82, 2.24) is 25.3 Å². The first kappa shape index (κ1) is 23.6. The zero-order chi connectivity index (χ0) is 19.3. The Balaban J connectivity index is 0.00000160. The fourth-order valence-corrected chi connectivity index (χ4v) is 3.20. The van der Waals surface area contributed by atoms with Crippen molar-refractivity contribution < 1.29 is 9.53 Å². The van der Waals surface area contributed by atoms with Crippen LogP contribution in [0.25, 0.3) is 0 Å². The summed E-state index contributed by atoms with van der Waals surface area (Å²) in [6.45, 7) is 3.84. The quantitative estimate of drug-likeness (QED) is 0.613. The molecule has 0 saturated carbocycles. The van der Waals surface area contributed by atoms with Crippen LogP contribution in [0.15, 0.2) is 48.9 Å². The molecule has 1 fully saturated rings. The highest BCUT2D eigenvalue weighted by molar-refractivity contribution is 6.02. The van der Waals surface area contributed by atoms with Gasteiger partial charge in [-0.1, -0.05) is 5.21 Å². The molecule has 0 atom stereocenters. The molecule has 0 spiro atoms. The molecule has 1 aliphatic rings. The average molecular weight is 451 g/mol. The Morgan fingerprint density at radius 1 is 1.23 bits per heavy atom. The number of halogens is 2. The van der Waals surface area contributed by atoms with Gasteiger partial charge in [0.05, 0.1) is 18.4 Å². The van der Waals surface area contributed by atoms with Crippen LogP contribution in [-0.4, -0.2) is 39.0 Å². The van der Waals surface area contributed by atoms with Crippen molar-refractivity contribution in [3.63, 3.8) is 0 Å². The number of nitrogens with one attached hydrogen (secondary N) is 2. The Morgan fingerprint density at radius 3 is 2.73 bits per heavy atom. The molecule has 4 rings (SSSR count). The Morgan fingerprint density at radius 2 is 2.03 bits per heavy atom. The molecule has 0 bridgehead atoms. The summed E-state index contributed by atoms with van der Waals surface area (Å²) in [7, 11) is 0. The van der Waals surface area contributed by atoms with Crippen LogP contribution < -0.4 is 15.4 Å². The second-order valence-corrected chi connectivity index (χ2v) is 6.79. The molecular formula is C20H24Cl2N6O2. The second-order valence-electron chi connectivity index (χ2n) is 6.79. The van der Waals surface area contributed by atoms with Gasteiger partial charge in [0.2, 0.25) is 0 Å². The van der Waals surface area contributed by atoms with Gasteiger partial charge in [-0.2, -0.15) is 0 Å². The van der Waals surface area contributed by atoms with Crippen molar-refractivity contribution in [2.45, 2.75) is 25.8 Å². The molecule has 1 saturated heterocycles. The lowest BCUT2D eigenvalue weighted by Crippen LogP contribution is -2.29. The Kier molecular flexibility index (Phi) is 8.58. The Labute approximate surface area is 187 Å². The molecule has 2 aromatic heterocycles. The molecular weight excluding hydrogens is 427 g/mol. The summed E-state index contributed by atoms with van der Waals surface area (Å²) >= 11 is 0. The van der Waals surface area contributed by atoms with Crippen LogP contribution in [0.5, 0.6) is 11.5 Å². The first-order valence-corrected chi connectivity index (χ1v) is 9.31. The monoisotopic (exact) mass is 450 g/mol. The minimum atomic E-state index is -0.277. The molecule has 160 valence electrons. The van der Waals surface area contributed by atoms with Gasteiger partial charge in [0.25, 0.3) is 5.91 Å². The van der Waals surface area contributed by atoms with Gasteiger partial charge in [0.15, 0.2) is 5.69 Å². The number of benzene rings is 1. The van der Waals surface area contributed by atoms with E-state index < -0.39 is 0 Å². The van der Waals surface area contributed by atoms with Gasteiger partial charge >= 0.3 is 0 Å². The van der Waals surface area contributed by atoms with Crippen LogP contribution >= 0.6 is 24.8 Å². The normalized spacial score (nSPS) is 13.6. The van der Waals surface area contributed by atoms with Crippen LogP contribution in [0, 0.1) is 6.92 Å². The third-order valence-corrected chi connectivity index (χ3v) is 4.72. The number of piperidine rings is 1. The van der Waals surface area contributed by atoms with Crippen molar-refractivity contribution in [2.75, 3.05) is 18.4 Å². The van der Waals surface area contributed by atoms with Crippen molar-refractivity contribution in [1.29, 1.82) is 0 Å². The minimum Gasteiger partial charge on any atom is -0.455 e. The summed E-state index contributed by atoms with van der Waals surface area (Å²) in [5.74, 6) is 1.10. The molecule has 2 N–H and O–H groups in total. The number of aromatic nitrogens is 4. The van der Waals surface area contributed by atoms with E-state index in [4.69, 9.17) is 4.74 Å². The van der Waals surface area contributed by atoms with Gasteiger partial charge in [0.1, 0.15) is 11.5 Å². The van der Waals surface area contributed by atoms with Gasteiger partial charge in [-0.05, 0) is 68.8 Å². The predicted molar refractivity (Wildman–Crippen MR) is 119 cm³/mol. The maximum atomic E-state index is 12.5. The number of ether oxygens (including phenoxy) is 1. The van der Waals surface area contributed by atoms with Gasteiger partial charge < -0.3 is 15.4 Å². The molecule has 3 aromatic rings. The maximum absolute atomic E-state index is 12.5. The van der Waals surface area contributed by atoms with Crippen LogP contribution in [0.2, 0.25) is 0 Å². The first-order valence-electron chi connectivity index (χ1n) is 9.31. The number of rotatable bonds is 5. The van der Waals surface area contributed by atoms with E-state index in [-0.39, 0.29) is 30.7 Å². The van der Waals surface area contributed by atoms with E-state index in [1.165, 1.54) is 0 Å². The summed E-state index contributed by atoms with van der Waals surface area (Å²) in [4.78, 5) is 16.6. The first-order chi connectivity index (χ1) is 13.7. The molecule has 3 heterocycles. The van der Waals surface area contributed by atoms with E-state index in [9.17, 15) is 4.79 Å². The number of amides is 1. The number of hydrogen-bond acceptors (Lipinski definition) is 6. The number of pyridine rings is 1.